The highest BCUT2D eigenvalue weighted by atomic mass is 79.9. The number of hydrazone groups is 1. The van der Waals surface area contributed by atoms with E-state index in [9.17, 15) is 0 Å². The number of nitrogens with one attached hydrogen (secondary N) is 1. The second-order valence-corrected chi connectivity index (χ2v) is 4.58. The van der Waals surface area contributed by atoms with Gasteiger partial charge in [-0.1, -0.05) is 6.07 Å². The number of hydrogen-bond acceptors (Lipinski definition) is 5. The van der Waals surface area contributed by atoms with Crippen LogP contribution < -0.4 is 14.9 Å². The Morgan fingerprint density at radius 3 is 2.70 bits per heavy atom. The van der Waals surface area contributed by atoms with Gasteiger partial charge in [-0.3, -0.25) is 5.43 Å². The first-order valence-electron chi connectivity index (χ1n) is 5.87. The smallest absolute Gasteiger partial charge is 0.175 e. The van der Waals surface area contributed by atoms with Gasteiger partial charge >= 0.3 is 0 Å². The molecule has 1 heterocycles. The maximum Gasteiger partial charge on any atom is 0.175 e. The number of halogens is 1. The van der Waals surface area contributed by atoms with Gasteiger partial charge in [0.2, 0.25) is 0 Å². The minimum absolute atomic E-state index is 0.634. The van der Waals surface area contributed by atoms with E-state index in [-0.39, 0.29) is 0 Å². The molecule has 0 aliphatic carbocycles. The highest BCUT2D eigenvalue weighted by Crippen LogP contribution is 2.36. The van der Waals surface area contributed by atoms with Gasteiger partial charge in [-0.15, -0.1) is 0 Å². The van der Waals surface area contributed by atoms with Crippen LogP contribution in [0.4, 0.5) is 5.82 Å². The molecule has 104 valence electrons. The molecule has 1 N–H and O–H groups in total. The van der Waals surface area contributed by atoms with Crippen molar-refractivity contribution in [1.29, 1.82) is 0 Å². The first-order valence-corrected chi connectivity index (χ1v) is 6.66. The number of benzene rings is 1. The quantitative estimate of drug-likeness (QED) is 0.672. The largest absolute Gasteiger partial charge is 0.493 e. The predicted octanol–water partition coefficient (Wildman–Crippen LogP) is 3.31. The fourth-order valence-electron chi connectivity index (χ4n) is 1.60. The van der Waals surface area contributed by atoms with Crippen LogP contribution in [0.3, 0.4) is 0 Å². The molecule has 1 aromatic heterocycles. The van der Waals surface area contributed by atoms with Crippen molar-refractivity contribution in [2.45, 2.75) is 0 Å². The van der Waals surface area contributed by atoms with E-state index < -0.39 is 0 Å². The Labute approximate surface area is 125 Å². The summed E-state index contributed by atoms with van der Waals surface area (Å²) < 4.78 is 11.3. The van der Waals surface area contributed by atoms with E-state index in [0.29, 0.717) is 17.3 Å². The second-order valence-electron chi connectivity index (χ2n) is 3.79. The summed E-state index contributed by atoms with van der Waals surface area (Å²) in [5.74, 6) is 1.98. The van der Waals surface area contributed by atoms with Crippen LogP contribution in [0, 0.1) is 0 Å². The van der Waals surface area contributed by atoms with Crippen LogP contribution in [0.5, 0.6) is 11.5 Å². The molecule has 0 fully saturated rings. The number of pyridine rings is 1. The van der Waals surface area contributed by atoms with Crippen molar-refractivity contribution < 1.29 is 9.47 Å². The van der Waals surface area contributed by atoms with Gasteiger partial charge in [0.15, 0.2) is 11.5 Å². The lowest BCUT2D eigenvalue weighted by atomic mass is 10.2. The van der Waals surface area contributed by atoms with E-state index in [2.05, 4.69) is 31.4 Å². The number of rotatable bonds is 5. The van der Waals surface area contributed by atoms with Crippen molar-refractivity contribution in [2.75, 3.05) is 19.6 Å². The van der Waals surface area contributed by atoms with Gasteiger partial charge < -0.3 is 9.47 Å². The van der Waals surface area contributed by atoms with E-state index in [1.807, 2.05) is 30.3 Å². The number of hydrogen-bond donors (Lipinski definition) is 1. The molecular formula is C14H14BrN3O2. The molecule has 5 nitrogen and oxygen atoms in total. The van der Waals surface area contributed by atoms with E-state index in [1.54, 1.807) is 26.6 Å². The maximum atomic E-state index is 5.31. The molecule has 0 saturated heterocycles. The van der Waals surface area contributed by atoms with Gasteiger partial charge in [0, 0.05) is 11.8 Å². The van der Waals surface area contributed by atoms with Crippen LogP contribution in [0.15, 0.2) is 46.1 Å². The molecule has 0 aliphatic rings. The minimum Gasteiger partial charge on any atom is -0.493 e. The third-order valence-electron chi connectivity index (χ3n) is 2.56. The van der Waals surface area contributed by atoms with E-state index in [4.69, 9.17) is 9.47 Å². The Hall–Kier alpha value is -2.08. The van der Waals surface area contributed by atoms with E-state index >= 15 is 0 Å². The number of ether oxygens (including phenoxy) is 2. The summed E-state index contributed by atoms with van der Waals surface area (Å²) in [4.78, 5) is 4.11. The Balaban J connectivity index is 2.17. The highest BCUT2D eigenvalue weighted by Gasteiger charge is 2.11. The Morgan fingerprint density at radius 1 is 1.20 bits per heavy atom. The highest BCUT2D eigenvalue weighted by molar-refractivity contribution is 9.10. The first-order chi connectivity index (χ1) is 9.76. The van der Waals surface area contributed by atoms with Crippen molar-refractivity contribution in [1.82, 2.24) is 4.98 Å². The Bertz CT molecular complexity index is 603. The van der Waals surface area contributed by atoms with Gasteiger partial charge in [-0.2, -0.15) is 5.10 Å². The summed E-state index contributed by atoms with van der Waals surface area (Å²) >= 11 is 3.48. The number of methoxy groups -OCH3 is 2. The van der Waals surface area contributed by atoms with Crippen LogP contribution in [0.2, 0.25) is 0 Å². The molecule has 2 aromatic rings. The molecule has 0 spiro atoms. The van der Waals surface area contributed by atoms with Crippen molar-refractivity contribution in [2.24, 2.45) is 5.10 Å². The SMILES string of the molecule is COc1ccc(/C=N/Nc2ccccn2)c(Br)c1OC. The van der Waals surface area contributed by atoms with Crippen LogP contribution in [0.25, 0.3) is 0 Å². The van der Waals surface area contributed by atoms with Crippen molar-refractivity contribution >= 4 is 28.0 Å². The molecule has 0 bridgehead atoms. The maximum absolute atomic E-state index is 5.31. The van der Waals surface area contributed by atoms with Crippen LogP contribution in [0.1, 0.15) is 5.56 Å². The van der Waals surface area contributed by atoms with Crippen molar-refractivity contribution in [3.05, 3.63) is 46.6 Å². The lowest BCUT2D eigenvalue weighted by molar-refractivity contribution is 0.353. The standard InChI is InChI=1S/C14H14BrN3O2/c1-19-11-7-6-10(13(15)14(11)20-2)9-17-18-12-5-3-4-8-16-12/h3-9H,1-2H3,(H,16,18)/b17-9+. The van der Waals surface area contributed by atoms with Crippen LogP contribution >= 0.6 is 15.9 Å². The predicted molar refractivity (Wildman–Crippen MR) is 82.7 cm³/mol. The third kappa shape index (κ3) is 3.27. The molecule has 6 heteroatoms. The zero-order valence-corrected chi connectivity index (χ0v) is 12.7. The zero-order chi connectivity index (χ0) is 14.4. The van der Waals surface area contributed by atoms with Gasteiger partial charge in [0.05, 0.1) is 24.9 Å². The first kappa shape index (κ1) is 14.3. The van der Waals surface area contributed by atoms with Gasteiger partial charge in [0.25, 0.3) is 0 Å². The molecule has 0 saturated carbocycles. The third-order valence-corrected chi connectivity index (χ3v) is 3.38. The van der Waals surface area contributed by atoms with Gasteiger partial charge in [0.1, 0.15) is 5.82 Å². The Kier molecular flexibility index (Phi) is 4.95. The lowest BCUT2D eigenvalue weighted by Crippen LogP contribution is -1.96. The minimum atomic E-state index is 0.634. The van der Waals surface area contributed by atoms with Crippen molar-refractivity contribution in [3.63, 3.8) is 0 Å². The molecule has 0 unspecified atom stereocenters. The fraction of sp³-hybridized carbons (Fsp3) is 0.143. The Morgan fingerprint density at radius 2 is 2.05 bits per heavy atom. The average Bonchev–Trinajstić information content (AvgIpc) is 2.49. The van der Waals surface area contributed by atoms with Crippen molar-refractivity contribution in [3.8, 4) is 11.5 Å². The molecule has 2 rings (SSSR count). The monoisotopic (exact) mass is 335 g/mol. The topological polar surface area (TPSA) is 55.7 Å². The lowest BCUT2D eigenvalue weighted by Gasteiger charge is -2.10. The van der Waals surface area contributed by atoms with E-state index in [0.717, 1.165) is 10.0 Å². The molecule has 20 heavy (non-hydrogen) atoms. The van der Waals surface area contributed by atoms with E-state index in [1.165, 1.54) is 0 Å². The molecule has 0 radical (unpaired) electrons. The molecular weight excluding hydrogens is 322 g/mol. The molecule has 0 amide bonds. The summed E-state index contributed by atoms with van der Waals surface area (Å²) in [7, 11) is 3.19. The average molecular weight is 336 g/mol. The zero-order valence-electron chi connectivity index (χ0n) is 11.1. The normalized spacial score (nSPS) is 10.6. The molecule has 1 aromatic carbocycles. The number of aromatic nitrogens is 1. The fourth-order valence-corrected chi connectivity index (χ4v) is 2.19. The van der Waals surface area contributed by atoms with Crippen LogP contribution in [-0.4, -0.2) is 25.4 Å². The number of anilines is 1. The summed E-state index contributed by atoms with van der Waals surface area (Å²) in [6, 6.07) is 9.28. The summed E-state index contributed by atoms with van der Waals surface area (Å²) in [5, 5.41) is 4.14. The molecule has 0 aliphatic heterocycles. The van der Waals surface area contributed by atoms with Gasteiger partial charge in [-0.25, -0.2) is 4.98 Å². The van der Waals surface area contributed by atoms with Gasteiger partial charge in [-0.05, 0) is 40.2 Å². The summed E-state index contributed by atoms with van der Waals surface area (Å²) in [5.41, 5.74) is 3.72. The van der Waals surface area contributed by atoms with Crippen LogP contribution in [-0.2, 0) is 0 Å². The second kappa shape index (κ2) is 6.91. The number of nitrogens with zero attached hydrogens (tertiary/aromatic N) is 2. The summed E-state index contributed by atoms with van der Waals surface area (Å²) in [6.07, 6.45) is 3.38. The molecule has 0 atom stereocenters. The summed E-state index contributed by atoms with van der Waals surface area (Å²) in [6.45, 7) is 0.